The molecule has 3 heterocycles. The summed E-state index contributed by atoms with van der Waals surface area (Å²) in [6, 6.07) is 11.5. The molecule has 2 aliphatic rings. The molecular formula is C20H28N4. The standard InChI is InChI=1S/C20H28N4/c1-3-22-10-12-23(13-11-22)17-8-9-24(15-17)20-14-16(2)21-19-7-5-4-6-18(19)20/h4-7,14,17H,3,8-13,15H2,1-2H3. The zero-order chi connectivity index (χ0) is 16.5. The molecule has 2 fully saturated rings. The lowest BCUT2D eigenvalue weighted by molar-refractivity contribution is 0.107. The van der Waals surface area contributed by atoms with Crippen LogP contribution in [0.3, 0.4) is 0 Å². The Morgan fingerprint density at radius 2 is 1.88 bits per heavy atom. The molecule has 0 aliphatic carbocycles. The Morgan fingerprint density at radius 3 is 2.67 bits per heavy atom. The first-order valence-corrected chi connectivity index (χ1v) is 9.32. The highest BCUT2D eigenvalue weighted by Gasteiger charge is 2.30. The van der Waals surface area contributed by atoms with Gasteiger partial charge in [0.25, 0.3) is 0 Å². The number of aromatic nitrogens is 1. The molecule has 0 radical (unpaired) electrons. The fraction of sp³-hybridized carbons (Fsp3) is 0.550. The molecule has 0 amide bonds. The normalized spacial score (nSPS) is 23.2. The van der Waals surface area contributed by atoms with E-state index in [-0.39, 0.29) is 0 Å². The maximum Gasteiger partial charge on any atom is 0.0726 e. The molecule has 1 aromatic heterocycles. The molecular weight excluding hydrogens is 296 g/mol. The predicted molar refractivity (Wildman–Crippen MR) is 101 cm³/mol. The number of likely N-dealkylation sites (N-methyl/N-ethyl adjacent to an activating group) is 1. The van der Waals surface area contributed by atoms with Crippen LogP contribution < -0.4 is 4.90 Å². The number of rotatable bonds is 3. The summed E-state index contributed by atoms with van der Waals surface area (Å²) in [4.78, 5) is 12.5. The fourth-order valence-corrected chi connectivity index (χ4v) is 4.25. The first-order valence-electron chi connectivity index (χ1n) is 9.32. The molecule has 1 atom stereocenters. The smallest absolute Gasteiger partial charge is 0.0726 e. The average molecular weight is 324 g/mol. The number of nitrogens with zero attached hydrogens (tertiary/aromatic N) is 4. The van der Waals surface area contributed by atoms with E-state index in [0.29, 0.717) is 6.04 Å². The summed E-state index contributed by atoms with van der Waals surface area (Å²) in [6.07, 6.45) is 1.28. The van der Waals surface area contributed by atoms with Crippen molar-refractivity contribution in [2.24, 2.45) is 0 Å². The number of hydrogen-bond acceptors (Lipinski definition) is 4. The van der Waals surface area contributed by atoms with Crippen LogP contribution in [0.5, 0.6) is 0 Å². The molecule has 4 rings (SSSR count). The molecule has 4 nitrogen and oxygen atoms in total. The van der Waals surface area contributed by atoms with Gasteiger partial charge in [0.2, 0.25) is 0 Å². The van der Waals surface area contributed by atoms with Crippen LogP contribution in [0.1, 0.15) is 19.0 Å². The van der Waals surface area contributed by atoms with Crippen LogP contribution in [0.4, 0.5) is 5.69 Å². The van der Waals surface area contributed by atoms with Crippen LogP contribution in [-0.2, 0) is 0 Å². The van der Waals surface area contributed by atoms with Gasteiger partial charge in [0.05, 0.1) is 5.52 Å². The number of anilines is 1. The highest BCUT2D eigenvalue weighted by Crippen LogP contribution is 2.30. The summed E-state index contributed by atoms with van der Waals surface area (Å²) in [5, 5.41) is 1.29. The second-order valence-electron chi connectivity index (χ2n) is 7.16. The lowest BCUT2D eigenvalue weighted by Gasteiger charge is -2.37. The predicted octanol–water partition coefficient (Wildman–Crippen LogP) is 2.76. The maximum absolute atomic E-state index is 4.69. The minimum Gasteiger partial charge on any atom is -0.369 e. The number of hydrogen-bond donors (Lipinski definition) is 0. The second-order valence-corrected chi connectivity index (χ2v) is 7.16. The van der Waals surface area contributed by atoms with Crippen molar-refractivity contribution in [3.8, 4) is 0 Å². The largest absolute Gasteiger partial charge is 0.369 e. The van der Waals surface area contributed by atoms with Crippen LogP contribution in [-0.4, -0.2) is 66.6 Å². The van der Waals surface area contributed by atoms with E-state index >= 15 is 0 Å². The van der Waals surface area contributed by atoms with E-state index in [9.17, 15) is 0 Å². The highest BCUT2D eigenvalue weighted by atomic mass is 15.3. The van der Waals surface area contributed by atoms with Gasteiger partial charge in [-0.05, 0) is 32.0 Å². The number of para-hydroxylation sites is 1. The molecule has 1 aromatic carbocycles. The summed E-state index contributed by atoms with van der Waals surface area (Å²) < 4.78 is 0. The van der Waals surface area contributed by atoms with E-state index < -0.39 is 0 Å². The molecule has 0 bridgehead atoms. The Morgan fingerprint density at radius 1 is 1.08 bits per heavy atom. The highest BCUT2D eigenvalue weighted by molar-refractivity contribution is 5.92. The summed E-state index contributed by atoms with van der Waals surface area (Å²) >= 11 is 0. The third-order valence-corrected chi connectivity index (χ3v) is 5.70. The minimum absolute atomic E-state index is 0.705. The lowest BCUT2D eigenvalue weighted by atomic mass is 10.1. The van der Waals surface area contributed by atoms with Crippen molar-refractivity contribution in [1.29, 1.82) is 0 Å². The molecule has 4 heteroatoms. The van der Waals surface area contributed by atoms with Gasteiger partial charge in [0.15, 0.2) is 0 Å². The van der Waals surface area contributed by atoms with Crippen LogP contribution in [0.2, 0.25) is 0 Å². The van der Waals surface area contributed by atoms with Crippen LogP contribution in [0.25, 0.3) is 10.9 Å². The maximum atomic E-state index is 4.69. The van der Waals surface area contributed by atoms with Crippen molar-refractivity contribution >= 4 is 16.6 Å². The third kappa shape index (κ3) is 3.01. The molecule has 0 N–H and O–H groups in total. The van der Waals surface area contributed by atoms with E-state index in [2.05, 4.69) is 58.9 Å². The Bertz CT molecular complexity index is 706. The van der Waals surface area contributed by atoms with Gasteiger partial charge in [0, 0.05) is 62.1 Å². The SMILES string of the molecule is CCN1CCN(C2CCN(c3cc(C)nc4ccccc34)C2)CC1. The van der Waals surface area contributed by atoms with Gasteiger partial charge in [-0.15, -0.1) is 0 Å². The van der Waals surface area contributed by atoms with Gasteiger partial charge in [0.1, 0.15) is 0 Å². The zero-order valence-electron chi connectivity index (χ0n) is 14.9. The van der Waals surface area contributed by atoms with E-state index in [1.165, 1.54) is 50.2 Å². The minimum atomic E-state index is 0.705. The fourth-order valence-electron chi connectivity index (χ4n) is 4.25. The quantitative estimate of drug-likeness (QED) is 0.866. The topological polar surface area (TPSA) is 22.6 Å². The summed E-state index contributed by atoms with van der Waals surface area (Å²) in [5.74, 6) is 0. The third-order valence-electron chi connectivity index (χ3n) is 5.70. The Labute approximate surface area is 145 Å². The van der Waals surface area contributed by atoms with Crippen LogP contribution in [0.15, 0.2) is 30.3 Å². The molecule has 1 unspecified atom stereocenters. The van der Waals surface area contributed by atoms with Crippen molar-refractivity contribution in [3.63, 3.8) is 0 Å². The lowest BCUT2D eigenvalue weighted by Crippen LogP contribution is -2.50. The number of piperazine rings is 1. The Balaban J connectivity index is 1.51. The number of aryl methyl sites for hydroxylation is 1. The van der Waals surface area contributed by atoms with E-state index in [1.807, 2.05) is 0 Å². The molecule has 2 aliphatic heterocycles. The summed E-state index contributed by atoms with van der Waals surface area (Å²) in [5.41, 5.74) is 3.60. The molecule has 0 saturated carbocycles. The monoisotopic (exact) mass is 324 g/mol. The molecule has 128 valence electrons. The van der Waals surface area contributed by atoms with Gasteiger partial charge in [-0.1, -0.05) is 25.1 Å². The van der Waals surface area contributed by atoms with Gasteiger partial charge < -0.3 is 9.80 Å². The Kier molecular flexibility index (Phi) is 4.42. The molecule has 0 spiro atoms. The van der Waals surface area contributed by atoms with Gasteiger partial charge in [-0.2, -0.15) is 0 Å². The van der Waals surface area contributed by atoms with Crippen molar-refractivity contribution in [1.82, 2.24) is 14.8 Å². The van der Waals surface area contributed by atoms with E-state index in [4.69, 9.17) is 4.98 Å². The number of pyridine rings is 1. The first kappa shape index (κ1) is 15.9. The zero-order valence-corrected chi connectivity index (χ0v) is 14.9. The van der Waals surface area contributed by atoms with Gasteiger partial charge >= 0.3 is 0 Å². The van der Waals surface area contributed by atoms with Crippen molar-refractivity contribution in [2.45, 2.75) is 26.3 Å². The van der Waals surface area contributed by atoms with Crippen molar-refractivity contribution < 1.29 is 0 Å². The first-order chi connectivity index (χ1) is 11.7. The van der Waals surface area contributed by atoms with Crippen molar-refractivity contribution in [2.75, 3.05) is 50.7 Å². The van der Waals surface area contributed by atoms with Gasteiger partial charge in [-0.3, -0.25) is 9.88 Å². The second kappa shape index (κ2) is 6.69. The summed E-state index contributed by atoms with van der Waals surface area (Å²) in [7, 11) is 0. The van der Waals surface area contributed by atoms with E-state index in [0.717, 1.165) is 24.3 Å². The summed E-state index contributed by atoms with van der Waals surface area (Å²) in [6.45, 7) is 12.8. The Hall–Kier alpha value is -1.65. The molecule has 24 heavy (non-hydrogen) atoms. The van der Waals surface area contributed by atoms with E-state index in [1.54, 1.807) is 0 Å². The average Bonchev–Trinajstić information content (AvgIpc) is 3.11. The molecule has 2 saturated heterocycles. The van der Waals surface area contributed by atoms with Gasteiger partial charge in [-0.25, -0.2) is 0 Å². The van der Waals surface area contributed by atoms with Crippen LogP contribution in [0, 0.1) is 6.92 Å². The number of fused-ring (bicyclic) bond motifs is 1. The number of benzene rings is 1. The van der Waals surface area contributed by atoms with Crippen LogP contribution >= 0.6 is 0 Å². The van der Waals surface area contributed by atoms with Crippen molar-refractivity contribution in [3.05, 3.63) is 36.0 Å². The molecule has 2 aromatic rings.